The van der Waals surface area contributed by atoms with Crippen molar-refractivity contribution in [2.75, 3.05) is 44.8 Å². The molecular formula is C29H36F2N6O4. The quantitative estimate of drug-likeness (QED) is 0.435. The van der Waals surface area contributed by atoms with Crippen molar-refractivity contribution in [2.24, 2.45) is 5.92 Å². The molecule has 0 radical (unpaired) electrons. The molecule has 0 amide bonds. The molecule has 3 aromatic rings. The van der Waals surface area contributed by atoms with Crippen molar-refractivity contribution >= 4 is 22.8 Å². The topological polar surface area (TPSA) is 106 Å². The summed E-state index contributed by atoms with van der Waals surface area (Å²) in [5, 5.41) is 9.90. The number of anilines is 1. The van der Waals surface area contributed by atoms with E-state index in [9.17, 15) is 18.7 Å². The van der Waals surface area contributed by atoms with Gasteiger partial charge in [0.1, 0.15) is 17.7 Å². The number of carbonyl (C=O) groups excluding carboxylic acids is 1. The number of hydrogen-bond donors (Lipinski definition) is 1. The largest absolute Gasteiger partial charge is 0.474 e. The Morgan fingerprint density at radius 1 is 1.12 bits per heavy atom. The normalized spacial score (nSPS) is 25.7. The molecule has 3 fully saturated rings. The molecule has 2 atom stereocenters. The summed E-state index contributed by atoms with van der Waals surface area (Å²) in [6.07, 6.45) is 0.927. The standard InChI is InChI=1S/C29H36F2N6O4/c1-35-17-19(38)15-23(35)24(39)14-18-6-8-20(9-7-18)41-26-16-25(33-29(34-26)36-10-12-40-13-11-36)37-22-5-3-2-4-21(22)32-28(37)27(30)31/h2-5,16,18-20,23,27,38H,6-15,17H2,1H3/t18?,19-,20?,23-/m0/s1. The summed E-state index contributed by atoms with van der Waals surface area (Å²) in [5.74, 6) is 1.12. The second-order valence-corrected chi connectivity index (χ2v) is 11.3. The van der Waals surface area contributed by atoms with Crippen LogP contribution in [0.5, 0.6) is 5.88 Å². The summed E-state index contributed by atoms with van der Waals surface area (Å²) >= 11 is 0. The van der Waals surface area contributed by atoms with Gasteiger partial charge >= 0.3 is 0 Å². The molecule has 0 spiro atoms. The van der Waals surface area contributed by atoms with Crippen LogP contribution in [0.4, 0.5) is 14.7 Å². The minimum Gasteiger partial charge on any atom is -0.474 e. The average Bonchev–Trinajstić information content (AvgIpc) is 3.54. The number of para-hydroxylation sites is 2. The lowest BCUT2D eigenvalue weighted by Crippen LogP contribution is -2.37. The molecule has 3 aliphatic rings. The van der Waals surface area contributed by atoms with Crippen molar-refractivity contribution < 1.29 is 28.2 Å². The summed E-state index contributed by atoms with van der Waals surface area (Å²) in [6.45, 7) is 2.76. The lowest BCUT2D eigenvalue weighted by molar-refractivity contribution is -0.124. The molecule has 1 aromatic carbocycles. The van der Waals surface area contributed by atoms with Gasteiger partial charge in [0.15, 0.2) is 5.82 Å². The van der Waals surface area contributed by atoms with E-state index in [0.717, 1.165) is 25.7 Å². The van der Waals surface area contributed by atoms with Gasteiger partial charge in [0, 0.05) is 32.1 Å². The first kappa shape index (κ1) is 27.9. The fourth-order valence-corrected chi connectivity index (χ4v) is 6.31. The molecule has 4 heterocycles. The number of carbonyl (C=O) groups is 1. The SMILES string of the molecule is CN1C[C@@H](O)C[C@H]1C(=O)CC1CCC(Oc2cc(-n3c(C(F)F)nc4ccccc43)nc(N3CCOCC3)n2)CC1. The van der Waals surface area contributed by atoms with Gasteiger partial charge in [-0.2, -0.15) is 9.97 Å². The lowest BCUT2D eigenvalue weighted by Gasteiger charge is -2.30. The van der Waals surface area contributed by atoms with E-state index in [1.54, 1.807) is 30.3 Å². The van der Waals surface area contributed by atoms with Gasteiger partial charge in [-0.15, -0.1) is 0 Å². The molecule has 1 saturated carbocycles. The minimum absolute atomic E-state index is 0.105. The Balaban J connectivity index is 1.21. The number of ketones is 1. The Hall–Kier alpha value is -3.22. The van der Waals surface area contributed by atoms with Crippen LogP contribution in [-0.4, -0.2) is 93.5 Å². The van der Waals surface area contributed by atoms with E-state index < -0.39 is 12.5 Å². The molecule has 41 heavy (non-hydrogen) atoms. The van der Waals surface area contributed by atoms with Gasteiger partial charge in [0.25, 0.3) is 6.43 Å². The average molecular weight is 571 g/mol. The highest BCUT2D eigenvalue weighted by Crippen LogP contribution is 2.33. The van der Waals surface area contributed by atoms with Crippen LogP contribution in [0.15, 0.2) is 30.3 Å². The first-order valence-electron chi connectivity index (χ1n) is 14.4. The van der Waals surface area contributed by atoms with Crippen LogP contribution in [0.3, 0.4) is 0 Å². The van der Waals surface area contributed by atoms with Crippen molar-refractivity contribution in [2.45, 2.75) is 63.2 Å². The summed E-state index contributed by atoms with van der Waals surface area (Å²) in [7, 11) is 1.89. The third kappa shape index (κ3) is 6.05. The van der Waals surface area contributed by atoms with Crippen molar-refractivity contribution in [3.8, 4) is 11.7 Å². The van der Waals surface area contributed by atoms with Crippen LogP contribution in [-0.2, 0) is 9.53 Å². The van der Waals surface area contributed by atoms with Crippen molar-refractivity contribution in [3.63, 3.8) is 0 Å². The monoisotopic (exact) mass is 570 g/mol. The Morgan fingerprint density at radius 3 is 2.59 bits per heavy atom. The predicted octanol–water partition coefficient (Wildman–Crippen LogP) is 3.55. The summed E-state index contributed by atoms with van der Waals surface area (Å²) in [5.41, 5.74) is 0.994. The lowest BCUT2D eigenvalue weighted by atomic mass is 9.83. The number of likely N-dealkylation sites (N-methyl/N-ethyl adjacent to an activating group) is 1. The molecule has 6 rings (SSSR count). The van der Waals surface area contributed by atoms with E-state index in [2.05, 4.69) is 15.0 Å². The second-order valence-electron chi connectivity index (χ2n) is 11.3. The predicted molar refractivity (Wildman–Crippen MR) is 148 cm³/mol. The number of aliphatic hydroxyl groups is 1. The van der Waals surface area contributed by atoms with Crippen LogP contribution in [0.25, 0.3) is 16.9 Å². The Morgan fingerprint density at radius 2 is 1.88 bits per heavy atom. The molecule has 2 saturated heterocycles. The number of alkyl halides is 2. The van der Waals surface area contributed by atoms with Crippen molar-refractivity contribution in [1.82, 2.24) is 24.4 Å². The Labute approximate surface area is 237 Å². The molecule has 1 aliphatic carbocycles. The van der Waals surface area contributed by atoms with Crippen LogP contribution in [0, 0.1) is 5.92 Å². The number of rotatable bonds is 8. The number of aromatic nitrogens is 4. The first-order valence-corrected chi connectivity index (χ1v) is 14.4. The van der Waals surface area contributed by atoms with E-state index in [1.807, 2.05) is 16.8 Å². The van der Waals surface area contributed by atoms with Gasteiger partial charge in [0.05, 0.1) is 36.4 Å². The number of hydrogen-bond acceptors (Lipinski definition) is 9. The maximum absolute atomic E-state index is 14.1. The maximum Gasteiger partial charge on any atom is 0.296 e. The molecule has 2 aliphatic heterocycles. The number of benzene rings is 1. The number of fused-ring (bicyclic) bond motifs is 1. The third-order valence-corrected chi connectivity index (χ3v) is 8.45. The van der Waals surface area contributed by atoms with E-state index in [1.165, 1.54) is 4.57 Å². The first-order chi connectivity index (χ1) is 19.9. The van der Waals surface area contributed by atoms with Crippen molar-refractivity contribution in [1.29, 1.82) is 0 Å². The number of β-amino-alcohol motifs (C(OH)–C–C–N with tert-alkyl or cyclic N) is 1. The third-order valence-electron chi connectivity index (χ3n) is 8.45. The van der Waals surface area contributed by atoms with Gasteiger partial charge in [-0.1, -0.05) is 12.1 Å². The van der Waals surface area contributed by atoms with Crippen molar-refractivity contribution in [3.05, 3.63) is 36.2 Å². The molecule has 0 bridgehead atoms. The van der Waals surface area contributed by atoms with Gasteiger partial charge < -0.3 is 19.5 Å². The summed E-state index contributed by atoms with van der Waals surface area (Å²) in [6, 6.07) is 8.41. The molecule has 0 unspecified atom stereocenters. The number of nitrogens with zero attached hydrogens (tertiary/aromatic N) is 6. The number of Topliss-reactive ketones (excluding diaryl/α,β-unsaturated/α-hetero) is 1. The van der Waals surface area contributed by atoms with Crippen LogP contribution in [0.2, 0.25) is 0 Å². The number of imidazole rings is 1. The van der Waals surface area contributed by atoms with Gasteiger partial charge in [-0.25, -0.2) is 13.8 Å². The van der Waals surface area contributed by atoms with Gasteiger partial charge in [-0.3, -0.25) is 14.3 Å². The molecule has 1 N–H and O–H groups in total. The number of aliphatic hydroxyl groups excluding tert-OH is 1. The zero-order valence-electron chi connectivity index (χ0n) is 23.2. The highest BCUT2D eigenvalue weighted by Gasteiger charge is 2.35. The highest BCUT2D eigenvalue weighted by molar-refractivity contribution is 5.84. The van der Waals surface area contributed by atoms with Gasteiger partial charge in [-0.05, 0) is 57.2 Å². The minimum atomic E-state index is -2.79. The Kier molecular flexibility index (Phi) is 8.14. The fourth-order valence-electron chi connectivity index (χ4n) is 6.31. The number of ether oxygens (including phenoxy) is 2. The molecule has 220 valence electrons. The molecule has 2 aromatic heterocycles. The molecular weight excluding hydrogens is 534 g/mol. The molecule has 12 heteroatoms. The van der Waals surface area contributed by atoms with E-state index >= 15 is 0 Å². The van der Waals surface area contributed by atoms with E-state index in [0.29, 0.717) is 68.6 Å². The number of morpholine rings is 1. The smallest absolute Gasteiger partial charge is 0.296 e. The summed E-state index contributed by atoms with van der Waals surface area (Å²) < 4.78 is 41.5. The van der Waals surface area contributed by atoms with Crippen LogP contribution in [0.1, 0.15) is 50.8 Å². The fraction of sp³-hybridized carbons (Fsp3) is 0.586. The van der Waals surface area contributed by atoms with Crippen LogP contribution >= 0.6 is 0 Å². The number of halogens is 2. The highest BCUT2D eigenvalue weighted by atomic mass is 19.3. The van der Waals surface area contributed by atoms with E-state index in [-0.39, 0.29) is 35.5 Å². The maximum atomic E-state index is 14.1. The summed E-state index contributed by atoms with van der Waals surface area (Å²) in [4.78, 5) is 30.3. The second kappa shape index (κ2) is 11.9. The van der Waals surface area contributed by atoms with Gasteiger partial charge in [0.2, 0.25) is 11.8 Å². The zero-order chi connectivity index (χ0) is 28.5. The molecule has 10 nitrogen and oxygen atoms in total. The van der Waals surface area contributed by atoms with E-state index in [4.69, 9.17) is 9.47 Å². The zero-order valence-corrected chi connectivity index (χ0v) is 23.2. The Bertz CT molecular complexity index is 1370. The van der Waals surface area contributed by atoms with Crippen LogP contribution < -0.4 is 9.64 Å². The number of likely N-dealkylation sites (tertiary alicyclic amines) is 1.